The van der Waals surface area contributed by atoms with Crippen LogP contribution < -0.4 is 5.32 Å². The lowest BCUT2D eigenvalue weighted by atomic mass is 9.86. The molecule has 1 N–H and O–H groups in total. The summed E-state index contributed by atoms with van der Waals surface area (Å²) in [6.45, 7) is 1.93. The van der Waals surface area contributed by atoms with Gasteiger partial charge in [0.2, 0.25) is 11.8 Å². The molecule has 0 heterocycles. The van der Waals surface area contributed by atoms with Crippen LogP contribution in [0.1, 0.15) is 31.2 Å². The molecule has 2 amide bonds. The van der Waals surface area contributed by atoms with Gasteiger partial charge in [-0.05, 0) is 31.9 Å². The zero-order chi connectivity index (χ0) is 16.2. The molecule has 1 aliphatic carbocycles. The van der Waals surface area contributed by atoms with Crippen LogP contribution in [-0.4, -0.2) is 30.3 Å². The Balaban J connectivity index is 1.95. The fraction of sp³-hybridized carbons (Fsp3) is 0.471. The summed E-state index contributed by atoms with van der Waals surface area (Å²) in [5, 5.41) is 12.1. The van der Waals surface area contributed by atoms with Gasteiger partial charge in [-0.3, -0.25) is 9.59 Å². The van der Waals surface area contributed by atoms with E-state index in [9.17, 15) is 14.9 Å². The molecular formula is C17H21N3O2. The third-order valence-electron chi connectivity index (χ3n) is 4.14. The van der Waals surface area contributed by atoms with E-state index >= 15 is 0 Å². The third kappa shape index (κ3) is 3.45. The molecule has 0 spiro atoms. The van der Waals surface area contributed by atoms with Crippen molar-refractivity contribution in [3.8, 4) is 6.07 Å². The normalized spacial score (nSPS) is 15.9. The molecule has 1 aliphatic rings. The van der Waals surface area contributed by atoms with Gasteiger partial charge >= 0.3 is 0 Å². The minimum absolute atomic E-state index is 0.0455. The first kappa shape index (κ1) is 16.0. The molecule has 0 unspecified atom stereocenters. The summed E-state index contributed by atoms with van der Waals surface area (Å²) in [5.74, 6) is -0.502. The Bertz CT molecular complexity index is 595. The summed E-state index contributed by atoms with van der Waals surface area (Å²) >= 11 is 0. The lowest BCUT2D eigenvalue weighted by Gasteiger charge is -2.26. The van der Waals surface area contributed by atoms with E-state index in [1.807, 2.05) is 31.2 Å². The standard InChI is InChI=1S/C17H21N3O2/c1-13-5-7-14(8-6-13)19-15(21)11-20(2)16(22)17(12-18)9-3-4-10-17/h5-8H,3-4,9-11H2,1-2H3,(H,19,21). The highest BCUT2D eigenvalue weighted by atomic mass is 16.2. The number of likely N-dealkylation sites (N-methyl/N-ethyl adjacent to an activating group) is 1. The zero-order valence-electron chi connectivity index (χ0n) is 13.1. The number of rotatable bonds is 4. The average molecular weight is 299 g/mol. The lowest BCUT2D eigenvalue weighted by Crippen LogP contribution is -2.43. The van der Waals surface area contributed by atoms with Gasteiger partial charge in [-0.2, -0.15) is 5.26 Å². The maximum atomic E-state index is 12.5. The van der Waals surface area contributed by atoms with Crippen molar-refractivity contribution in [2.24, 2.45) is 5.41 Å². The van der Waals surface area contributed by atoms with Gasteiger partial charge in [0.05, 0.1) is 12.6 Å². The van der Waals surface area contributed by atoms with Gasteiger partial charge in [0.25, 0.3) is 0 Å². The number of benzene rings is 1. The number of amides is 2. The van der Waals surface area contributed by atoms with Crippen LogP contribution in [0.15, 0.2) is 24.3 Å². The predicted octanol–water partition coefficient (Wildman–Crippen LogP) is 2.48. The highest BCUT2D eigenvalue weighted by Gasteiger charge is 2.43. The van der Waals surface area contributed by atoms with E-state index in [0.29, 0.717) is 18.5 Å². The molecule has 0 saturated heterocycles. The van der Waals surface area contributed by atoms with Gasteiger partial charge in [0.1, 0.15) is 5.41 Å². The van der Waals surface area contributed by atoms with E-state index in [1.54, 1.807) is 7.05 Å². The topological polar surface area (TPSA) is 73.2 Å². The fourth-order valence-electron chi connectivity index (χ4n) is 2.84. The number of anilines is 1. The van der Waals surface area contributed by atoms with E-state index in [2.05, 4.69) is 11.4 Å². The van der Waals surface area contributed by atoms with Gasteiger partial charge in [0.15, 0.2) is 0 Å². The van der Waals surface area contributed by atoms with E-state index in [4.69, 9.17) is 0 Å². The molecule has 0 bridgehead atoms. The Kier molecular flexibility index (Phi) is 4.81. The number of nitrogens with zero attached hydrogens (tertiary/aromatic N) is 2. The molecule has 5 nitrogen and oxygen atoms in total. The molecule has 2 rings (SSSR count). The highest BCUT2D eigenvalue weighted by molar-refractivity contribution is 5.95. The number of nitrogens with one attached hydrogen (secondary N) is 1. The molecule has 116 valence electrons. The van der Waals surface area contributed by atoms with E-state index in [0.717, 1.165) is 18.4 Å². The molecular weight excluding hydrogens is 278 g/mol. The van der Waals surface area contributed by atoms with Crippen LogP contribution >= 0.6 is 0 Å². The van der Waals surface area contributed by atoms with Crippen LogP contribution in [0.2, 0.25) is 0 Å². The van der Waals surface area contributed by atoms with Crippen LogP contribution in [0.4, 0.5) is 5.69 Å². The molecule has 0 aliphatic heterocycles. The average Bonchev–Trinajstić information content (AvgIpc) is 2.99. The lowest BCUT2D eigenvalue weighted by molar-refractivity contribution is -0.139. The Labute approximate surface area is 130 Å². The molecule has 1 saturated carbocycles. The SMILES string of the molecule is Cc1ccc(NC(=O)CN(C)C(=O)C2(C#N)CCCC2)cc1. The van der Waals surface area contributed by atoms with Gasteiger partial charge in [-0.1, -0.05) is 30.5 Å². The van der Waals surface area contributed by atoms with E-state index in [1.165, 1.54) is 4.90 Å². The molecule has 22 heavy (non-hydrogen) atoms. The van der Waals surface area contributed by atoms with Crippen molar-refractivity contribution in [3.05, 3.63) is 29.8 Å². The van der Waals surface area contributed by atoms with Crippen molar-refractivity contribution in [1.29, 1.82) is 5.26 Å². The minimum Gasteiger partial charge on any atom is -0.335 e. The summed E-state index contributed by atoms with van der Waals surface area (Å²) in [5.41, 5.74) is 0.883. The van der Waals surface area contributed by atoms with Gasteiger partial charge < -0.3 is 10.2 Å². The first-order valence-corrected chi connectivity index (χ1v) is 7.50. The quantitative estimate of drug-likeness (QED) is 0.928. The third-order valence-corrected chi connectivity index (χ3v) is 4.14. The van der Waals surface area contributed by atoms with Crippen LogP contribution in [0, 0.1) is 23.7 Å². The van der Waals surface area contributed by atoms with Crippen LogP contribution in [0.5, 0.6) is 0 Å². The second kappa shape index (κ2) is 6.61. The summed E-state index contributed by atoms with van der Waals surface area (Å²) in [4.78, 5) is 25.8. The minimum atomic E-state index is -0.932. The van der Waals surface area contributed by atoms with Crippen molar-refractivity contribution < 1.29 is 9.59 Å². The van der Waals surface area contributed by atoms with Gasteiger partial charge in [0, 0.05) is 12.7 Å². The summed E-state index contributed by atoms with van der Waals surface area (Å²) in [7, 11) is 1.58. The van der Waals surface area contributed by atoms with Crippen molar-refractivity contribution in [2.45, 2.75) is 32.6 Å². The molecule has 1 aromatic carbocycles. The molecule has 0 atom stereocenters. The van der Waals surface area contributed by atoms with Crippen molar-refractivity contribution in [3.63, 3.8) is 0 Å². The number of hydrogen-bond acceptors (Lipinski definition) is 3. The maximum Gasteiger partial charge on any atom is 0.243 e. The monoisotopic (exact) mass is 299 g/mol. The molecule has 0 aromatic heterocycles. The molecule has 5 heteroatoms. The largest absolute Gasteiger partial charge is 0.335 e. The molecule has 1 aromatic rings. The molecule has 0 radical (unpaired) electrons. The zero-order valence-corrected chi connectivity index (χ0v) is 13.1. The predicted molar refractivity (Wildman–Crippen MR) is 84.0 cm³/mol. The maximum absolute atomic E-state index is 12.5. The number of nitriles is 1. The number of aryl methyl sites for hydroxylation is 1. The Morgan fingerprint density at radius 3 is 2.41 bits per heavy atom. The first-order valence-electron chi connectivity index (χ1n) is 7.50. The summed E-state index contributed by atoms with van der Waals surface area (Å²) in [6.07, 6.45) is 2.96. The fourth-order valence-corrected chi connectivity index (χ4v) is 2.84. The second-order valence-corrected chi connectivity index (χ2v) is 5.98. The van der Waals surface area contributed by atoms with E-state index in [-0.39, 0.29) is 18.4 Å². The smallest absolute Gasteiger partial charge is 0.243 e. The van der Waals surface area contributed by atoms with Crippen molar-refractivity contribution in [2.75, 3.05) is 18.9 Å². The van der Waals surface area contributed by atoms with Crippen LogP contribution in [0.3, 0.4) is 0 Å². The van der Waals surface area contributed by atoms with Gasteiger partial charge in [-0.25, -0.2) is 0 Å². The number of carbonyl (C=O) groups is 2. The summed E-state index contributed by atoms with van der Waals surface area (Å²) < 4.78 is 0. The summed E-state index contributed by atoms with van der Waals surface area (Å²) in [6, 6.07) is 9.63. The Morgan fingerprint density at radius 1 is 1.27 bits per heavy atom. The number of hydrogen-bond donors (Lipinski definition) is 1. The number of carbonyl (C=O) groups excluding carboxylic acids is 2. The Morgan fingerprint density at radius 2 is 1.86 bits per heavy atom. The molecule has 1 fully saturated rings. The van der Waals surface area contributed by atoms with Crippen LogP contribution in [0.25, 0.3) is 0 Å². The second-order valence-electron chi connectivity index (χ2n) is 5.98. The Hall–Kier alpha value is -2.35. The van der Waals surface area contributed by atoms with Gasteiger partial charge in [-0.15, -0.1) is 0 Å². The van der Waals surface area contributed by atoms with Crippen molar-refractivity contribution >= 4 is 17.5 Å². The van der Waals surface area contributed by atoms with Crippen LogP contribution in [-0.2, 0) is 9.59 Å². The highest BCUT2D eigenvalue weighted by Crippen LogP contribution is 2.38. The van der Waals surface area contributed by atoms with Crippen molar-refractivity contribution in [1.82, 2.24) is 4.90 Å². The first-order chi connectivity index (χ1) is 10.5. The van der Waals surface area contributed by atoms with E-state index < -0.39 is 5.41 Å².